The van der Waals surface area contributed by atoms with Gasteiger partial charge in [-0.25, -0.2) is 0 Å². The minimum atomic E-state index is -0.314. The second-order valence-corrected chi connectivity index (χ2v) is 5.54. The number of ether oxygens (including phenoxy) is 1. The summed E-state index contributed by atoms with van der Waals surface area (Å²) in [7, 11) is 1.69. The number of hydrogen-bond acceptors (Lipinski definition) is 3. The molecule has 6 heteroatoms. The fourth-order valence-corrected chi connectivity index (χ4v) is 2.72. The van der Waals surface area contributed by atoms with E-state index < -0.39 is 0 Å². The van der Waals surface area contributed by atoms with Crippen molar-refractivity contribution in [2.45, 2.75) is 6.42 Å². The predicted molar refractivity (Wildman–Crippen MR) is 74.0 cm³/mol. The molecule has 1 saturated heterocycles. The van der Waals surface area contributed by atoms with Crippen molar-refractivity contribution < 1.29 is 14.6 Å². The molecule has 0 spiro atoms. The van der Waals surface area contributed by atoms with Gasteiger partial charge in [-0.15, -0.1) is 0 Å². The van der Waals surface area contributed by atoms with E-state index in [1.54, 1.807) is 11.9 Å². The average molecular weight is 304 g/mol. The Kier molecular flexibility index (Phi) is 4.55. The highest BCUT2D eigenvalue weighted by molar-refractivity contribution is 6.37. The Morgan fingerprint density at radius 2 is 2.26 bits per heavy atom. The lowest BCUT2D eigenvalue weighted by Gasteiger charge is -2.21. The van der Waals surface area contributed by atoms with Crippen molar-refractivity contribution in [1.29, 1.82) is 0 Å². The largest absolute Gasteiger partial charge is 0.507 e. The summed E-state index contributed by atoms with van der Waals surface area (Å²) in [5, 5.41) is 10.3. The number of rotatable bonds is 3. The van der Waals surface area contributed by atoms with Crippen LogP contribution in [-0.2, 0) is 4.74 Å². The summed E-state index contributed by atoms with van der Waals surface area (Å²) < 4.78 is 5.28. The van der Waals surface area contributed by atoms with Gasteiger partial charge in [0.25, 0.3) is 5.91 Å². The first-order valence-corrected chi connectivity index (χ1v) is 6.76. The summed E-state index contributed by atoms with van der Waals surface area (Å²) in [6.45, 7) is 1.98. The van der Waals surface area contributed by atoms with Gasteiger partial charge in [-0.05, 0) is 18.6 Å². The molecular weight excluding hydrogens is 289 g/mol. The van der Waals surface area contributed by atoms with Gasteiger partial charge >= 0.3 is 0 Å². The highest BCUT2D eigenvalue weighted by Gasteiger charge is 2.24. The molecule has 1 aromatic rings. The number of carbonyl (C=O) groups is 1. The highest BCUT2D eigenvalue weighted by Crippen LogP contribution is 2.31. The molecule has 1 aromatic carbocycles. The van der Waals surface area contributed by atoms with Gasteiger partial charge in [0.05, 0.1) is 17.2 Å². The van der Waals surface area contributed by atoms with Crippen LogP contribution >= 0.6 is 23.2 Å². The zero-order valence-corrected chi connectivity index (χ0v) is 12.0. The first kappa shape index (κ1) is 14.4. The van der Waals surface area contributed by atoms with Crippen LogP contribution in [0.3, 0.4) is 0 Å². The van der Waals surface area contributed by atoms with Crippen LogP contribution in [0.25, 0.3) is 0 Å². The molecule has 1 N–H and O–H groups in total. The number of benzene rings is 1. The molecule has 0 saturated carbocycles. The number of nitrogens with zero attached hydrogens (tertiary/aromatic N) is 1. The number of amides is 1. The van der Waals surface area contributed by atoms with Crippen molar-refractivity contribution >= 4 is 29.1 Å². The molecular formula is C13H15Cl2NO3. The van der Waals surface area contributed by atoms with Gasteiger partial charge in [0.15, 0.2) is 0 Å². The molecule has 0 aliphatic carbocycles. The van der Waals surface area contributed by atoms with Crippen LogP contribution in [-0.4, -0.2) is 42.7 Å². The Morgan fingerprint density at radius 3 is 2.84 bits per heavy atom. The van der Waals surface area contributed by atoms with Crippen molar-refractivity contribution in [2.75, 3.05) is 26.8 Å². The molecule has 0 bridgehead atoms. The molecule has 0 radical (unpaired) electrons. The lowest BCUT2D eigenvalue weighted by atomic mass is 10.1. The number of halogens is 2. The van der Waals surface area contributed by atoms with E-state index in [-0.39, 0.29) is 22.2 Å². The van der Waals surface area contributed by atoms with Gasteiger partial charge < -0.3 is 14.7 Å². The lowest BCUT2D eigenvalue weighted by molar-refractivity contribution is 0.0763. The van der Waals surface area contributed by atoms with Crippen molar-refractivity contribution in [3.63, 3.8) is 0 Å². The van der Waals surface area contributed by atoms with Crippen LogP contribution in [0.2, 0.25) is 10.0 Å². The Hall–Kier alpha value is -0.970. The number of carbonyl (C=O) groups excluding carboxylic acids is 1. The molecule has 4 nitrogen and oxygen atoms in total. The minimum absolute atomic E-state index is 0.0903. The molecule has 1 aliphatic heterocycles. The van der Waals surface area contributed by atoms with E-state index in [9.17, 15) is 9.90 Å². The third-order valence-electron chi connectivity index (χ3n) is 3.15. The molecule has 1 fully saturated rings. The molecule has 0 aromatic heterocycles. The fraction of sp³-hybridized carbons (Fsp3) is 0.462. The van der Waals surface area contributed by atoms with Crippen molar-refractivity contribution in [3.8, 4) is 5.75 Å². The molecule has 1 aliphatic rings. The quantitative estimate of drug-likeness (QED) is 0.934. The number of phenolic OH excluding ortho intramolecular Hbond substituents is 1. The molecule has 104 valence electrons. The van der Waals surface area contributed by atoms with E-state index in [4.69, 9.17) is 27.9 Å². The van der Waals surface area contributed by atoms with Gasteiger partial charge in [-0.3, -0.25) is 4.79 Å². The van der Waals surface area contributed by atoms with Crippen LogP contribution < -0.4 is 0 Å². The van der Waals surface area contributed by atoms with Gasteiger partial charge in [-0.1, -0.05) is 23.2 Å². The normalized spacial score (nSPS) is 18.6. The summed E-state index contributed by atoms with van der Waals surface area (Å²) in [5.41, 5.74) is 0.0903. The standard InChI is InChI=1S/C13H15Cl2NO3/c1-16(6-8-2-3-19-7-8)13(18)12-10(15)4-9(14)5-11(12)17/h4-5,8,17H,2-3,6-7H2,1H3. The summed E-state index contributed by atoms with van der Waals surface area (Å²) in [4.78, 5) is 13.8. The van der Waals surface area contributed by atoms with Crippen molar-refractivity contribution in [1.82, 2.24) is 4.90 Å². The van der Waals surface area contributed by atoms with E-state index in [1.807, 2.05) is 0 Å². The number of aromatic hydroxyl groups is 1. The van der Waals surface area contributed by atoms with E-state index >= 15 is 0 Å². The molecule has 1 heterocycles. The SMILES string of the molecule is CN(CC1CCOC1)C(=O)c1c(O)cc(Cl)cc1Cl. The maximum Gasteiger partial charge on any atom is 0.258 e. The number of hydrogen-bond donors (Lipinski definition) is 1. The van der Waals surface area contributed by atoms with Gasteiger partial charge in [0.1, 0.15) is 5.75 Å². The van der Waals surface area contributed by atoms with E-state index in [0.29, 0.717) is 24.1 Å². The smallest absolute Gasteiger partial charge is 0.258 e. The highest BCUT2D eigenvalue weighted by atomic mass is 35.5. The minimum Gasteiger partial charge on any atom is -0.507 e. The van der Waals surface area contributed by atoms with Crippen LogP contribution in [0.15, 0.2) is 12.1 Å². The first-order chi connectivity index (χ1) is 8.99. The van der Waals surface area contributed by atoms with Gasteiger partial charge in [0, 0.05) is 31.1 Å². The Balaban J connectivity index is 2.14. The second-order valence-electron chi connectivity index (χ2n) is 4.70. The zero-order chi connectivity index (χ0) is 14.0. The molecule has 2 rings (SSSR count). The van der Waals surface area contributed by atoms with Crippen molar-refractivity contribution in [3.05, 3.63) is 27.7 Å². The third kappa shape index (κ3) is 3.32. The molecule has 1 amide bonds. The Bertz CT molecular complexity index is 464. The fourth-order valence-electron chi connectivity index (χ4n) is 2.16. The van der Waals surface area contributed by atoms with Crippen molar-refractivity contribution in [2.24, 2.45) is 5.92 Å². The molecule has 19 heavy (non-hydrogen) atoms. The Labute approximate surface area is 121 Å². The van der Waals surface area contributed by atoms with Crippen LogP contribution in [0, 0.1) is 5.92 Å². The summed E-state index contributed by atoms with van der Waals surface area (Å²) in [5.74, 6) is -0.176. The van der Waals surface area contributed by atoms with Crippen LogP contribution in [0.5, 0.6) is 5.75 Å². The first-order valence-electron chi connectivity index (χ1n) is 6.00. The van der Waals surface area contributed by atoms with E-state index in [1.165, 1.54) is 12.1 Å². The number of phenols is 1. The van der Waals surface area contributed by atoms with E-state index in [0.717, 1.165) is 13.0 Å². The Morgan fingerprint density at radius 1 is 1.53 bits per heavy atom. The topological polar surface area (TPSA) is 49.8 Å². The lowest BCUT2D eigenvalue weighted by Crippen LogP contribution is -2.32. The average Bonchev–Trinajstić information content (AvgIpc) is 2.80. The van der Waals surface area contributed by atoms with E-state index in [2.05, 4.69) is 0 Å². The summed E-state index contributed by atoms with van der Waals surface area (Å²) >= 11 is 11.7. The van der Waals surface area contributed by atoms with Crippen LogP contribution in [0.4, 0.5) is 0 Å². The summed E-state index contributed by atoms with van der Waals surface area (Å²) in [6, 6.07) is 2.76. The monoisotopic (exact) mass is 303 g/mol. The zero-order valence-electron chi connectivity index (χ0n) is 10.5. The molecule has 1 unspecified atom stereocenters. The van der Waals surface area contributed by atoms with Gasteiger partial charge in [0.2, 0.25) is 0 Å². The predicted octanol–water partition coefficient (Wildman–Crippen LogP) is 2.81. The second kappa shape index (κ2) is 5.99. The van der Waals surface area contributed by atoms with Crippen LogP contribution in [0.1, 0.15) is 16.8 Å². The molecule has 1 atom stereocenters. The van der Waals surface area contributed by atoms with Gasteiger partial charge in [-0.2, -0.15) is 0 Å². The summed E-state index contributed by atoms with van der Waals surface area (Å²) in [6.07, 6.45) is 0.942. The third-order valence-corrected chi connectivity index (χ3v) is 3.67. The maximum absolute atomic E-state index is 12.3. The maximum atomic E-state index is 12.3.